The van der Waals surface area contributed by atoms with Crippen LogP contribution in [-0.2, 0) is 13.1 Å². The van der Waals surface area contributed by atoms with Crippen LogP contribution in [0.15, 0.2) is 48.7 Å². The molecule has 2 aromatic carbocycles. The van der Waals surface area contributed by atoms with E-state index in [1.54, 1.807) is 12.3 Å². The number of nitrogens with one attached hydrogen (secondary N) is 2. The first-order chi connectivity index (χ1) is 15.9. The maximum absolute atomic E-state index is 14.7. The summed E-state index contributed by atoms with van der Waals surface area (Å²) in [5.41, 5.74) is 3.95. The first-order valence-corrected chi connectivity index (χ1v) is 11.4. The standard InChI is InChI=1S/C26H28FN5O/c1-26(2)8-10-32(11-9-26)16-19-13-18-12-17(6-7-22(18)30-24(19)27)14-28-25(33)20-4-3-5-23-21(20)15-29-31-23/h3-7,12-13,15H,8-11,14,16H2,1-2H3,(H,28,33)(H,29,31). The number of carbonyl (C=O) groups excluding carboxylic acids is 1. The molecule has 1 fully saturated rings. The Morgan fingerprint density at radius 2 is 2.00 bits per heavy atom. The molecule has 6 nitrogen and oxygen atoms in total. The number of hydrogen-bond donors (Lipinski definition) is 2. The maximum atomic E-state index is 14.7. The van der Waals surface area contributed by atoms with E-state index in [0.717, 1.165) is 47.8 Å². The van der Waals surface area contributed by atoms with E-state index >= 15 is 0 Å². The number of aromatic nitrogens is 3. The molecular weight excluding hydrogens is 417 g/mol. The van der Waals surface area contributed by atoms with Crippen LogP contribution in [0, 0.1) is 11.4 Å². The molecule has 0 radical (unpaired) electrons. The number of hydrogen-bond acceptors (Lipinski definition) is 4. The molecule has 0 unspecified atom stereocenters. The van der Waals surface area contributed by atoms with Gasteiger partial charge in [-0.3, -0.25) is 14.8 Å². The van der Waals surface area contributed by atoms with Gasteiger partial charge in [0.25, 0.3) is 5.91 Å². The van der Waals surface area contributed by atoms with Crippen LogP contribution in [0.2, 0.25) is 0 Å². The van der Waals surface area contributed by atoms with Crippen molar-refractivity contribution in [3.8, 4) is 0 Å². The Kier molecular flexibility index (Phi) is 5.58. The SMILES string of the molecule is CC1(C)CCN(Cc2cc3cc(CNC(=O)c4cccc5[nH]ncc45)ccc3nc2F)CC1. The minimum atomic E-state index is -0.401. The third kappa shape index (κ3) is 4.59. The van der Waals surface area contributed by atoms with Crippen LogP contribution in [0.1, 0.15) is 48.2 Å². The van der Waals surface area contributed by atoms with Gasteiger partial charge in [-0.1, -0.05) is 26.0 Å². The quantitative estimate of drug-likeness (QED) is 0.433. The average molecular weight is 446 g/mol. The average Bonchev–Trinajstić information content (AvgIpc) is 3.28. The monoisotopic (exact) mass is 445 g/mol. The van der Waals surface area contributed by atoms with E-state index in [0.29, 0.717) is 35.1 Å². The van der Waals surface area contributed by atoms with Crippen molar-refractivity contribution >= 4 is 27.7 Å². The molecule has 1 aliphatic rings. The number of rotatable bonds is 5. The summed E-state index contributed by atoms with van der Waals surface area (Å²) in [6.45, 7) is 7.47. The van der Waals surface area contributed by atoms with Gasteiger partial charge in [0.2, 0.25) is 5.95 Å². The molecule has 2 N–H and O–H groups in total. The number of carbonyl (C=O) groups is 1. The number of fused-ring (bicyclic) bond motifs is 2. The van der Waals surface area contributed by atoms with Gasteiger partial charge in [-0.2, -0.15) is 9.49 Å². The molecule has 3 heterocycles. The van der Waals surface area contributed by atoms with Gasteiger partial charge in [0.15, 0.2) is 0 Å². The van der Waals surface area contributed by atoms with E-state index in [4.69, 9.17) is 0 Å². The number of piperidine rings is 1. The minimum absolute atomic E-state index is 0.159. The molecule has 33 heavy (non-hydrogen) atoms. The molecule has 1 saturated heterocycles. The second kappa shape index (κ2) is 8.56. The summed E-state index contributed by atoms with van der Waals surface area (Å²) < 4.78 is 14.7. The van der Waals surface area contributed by atoms with Crippen LogP contribution in [0.25, 0.3) is 21.8 Å². The highest BCUT2D eigenvalue weighted by Gasteiger charge is 2.26. The predicted octanol–water partition coefficient (Wildman–Crippen LogP) is 4.80. The number of pyridine rings is 1. The summed E-state index contributed by atoms with van der Waals surface area (Å²) in [5, 5.41) is 11.5. The molecule has 0 spiro atoms. The maximum Gasteiger partial charge on any atom is 0.252 e. The fourth-order valence-corrected chi connectivity index (χ4v) is 4.47. The topological polar surface area (TPSA) is 73.9 Å². The minimum Gasteiger partial charge on any atom is -0.348 e. The van der Waals surface area contributed by atoms with Crippen LogP contribution in [0.5, 0.6) is 0 Å². The number of aromatic amines is 1. The van der Waals surface area contributed by atoms with Gasteiger partial charge in [-0.25, -0.2) is 4.98 Å². The fourth-order valence-electron chi connectivity index (χ4n) is 4.47. The largest absolute Gasteiger partial charge is 0.348 e. The number of amides is 1. The number of halogens is 1. The Bertz CT molecular complexity index is 1320. The van der Waals surface area contributed by atoms with Gasteiger partial charge in [-0.15, -0.1) is 0 Å². The lowest BCUT2D eigenvalue weighted by Crippen LogP contribution is -2.37. The highest BCUT2D eigenvalue weighted by atomic mass is 19.1. The summed E-state index contributed by atoms with van der Waals surface area (Å²) in [7, 11) is 0. The third-order valence-electron chi connectivity index (χ3n) is 6.69. The van der Waals surface area contributed by atoms with Gasteiger partial charge in [0, 0.05) is 29.4 Å². The Hall–Kier alpha value is -3.32. The van der Waals surface area contributed by atoms with E-state index in [2.05, 4.69) is 39.2 Å². The van der Waals surface area contributed by atoms with Gasteiger partial charge < -0.3 is 5.32 Å². The van der Waals surface area contributed by atoms with Crippen molar-refractivity contribution in [2.45, 2.75) is 39.8 Å². The first kappa shape index (κ1) is 21.5. The first-order valence-electron chi connectivity index (χ1n) is 11.4. The zero-order chi connectivity index (χ0) is 23.0. The van der Waals surface area contributed by atoms with E-state index in [1.807, 2.05) is 36.4 Å². The smallest absolute Gasteiger partial charge is 0.252 e. The zero-order valence-corrected chi connectivity index (χ0v) is 19.0. The van der Waals surface area contributed by atoms with Gasteiger partial charge in [0.1, 0.15) is 0 Å². The molecule has 4 aromatic rings. The fraction of sp³-hybridized carbons (Fsp3) is 0.346. The summed E-state index contributed by atoms with van der Waals surface area (Å²) in [4.78, 5) is 19.2. The number of benzene rings is 2. The van der Waals surface area contributed by atoms with Gasteiger partial charge in [0.05, 0.1) is 22.8 Å². The van der Waals surface area contributed by atoms with Gasteiger partial charge >= 0.3 is 0 Å². The van der Waals surface area contributed by atoms with Crippen molar-refractivity contribution < 1.29 is 9.18 Å². The Labute approximate surface area is 192 Å². The van der Waals surface area contributed by atoms with Crippen molar-refractivity contribution in [1.82, 2.24) is 25.4 Å². The summed E-state index contributed by atoms with van der Waals surface area (Å²) >= 11 is 0. The van der Waals surface area contributed by atoms with Crippen molar-refractivity contribution in [1.29, 1.82) is 0 Å². The lowest BCUT2D eigenvalue weighted by Gasteiger charge is -2.36. The second-order valence-corrected chi connectivity index (χ2v) is 9.73. The third-order valence-corrected chi connectivity index (χ3v) is 6.69. The molecule has 0 atom stereocenters. The highest BCUT2D eigenvalue weighted by molar-refractivity contribution is 6.06. The Morgan fingerprint density at radius 3 is 2.82 bits per heavy atom. The Morgan fingerprint density at radius 1 is 1.18 bits per heavy atom. The molecular formula is C26H28FN5O. The summed E-state index contributed by atoms with van der Waals surface area (Å²) in [5.74, 6) is -0.561. The van der Waals surface area contributed by atoms with Crippen LogP contribution >= 0.6 is 0 Å². The Balaban J connectivity index is 1.31. The van der Waals surface area contributed by atoms with Crippen LogP contribution in [-0.4, -0.2) is 39.1 Å². The van der Waals surface area contributed by atoms with E-state index in [1.165, 1.54) is 0 Å². The summed E-state index contributed by atoms with van der Waals surface area (Å²) in [6.07, 6.45) is 3.89. The lowest BCUT2D eigenvalue weighted by atomic mass is 9.82. The predicted molar refractivity (Wildman–Crippen MR) is 127 cm³/mol. The van der Waals surface area contributed by atoms with E-state index < -0.39 is 5.95 Å². The van der Waals surface area contributed by atoms with Crippen molar-refractivity contribution in [3.63, 3.8) is 0 Å². The molecule has 170 valence electrons. The van der Waals surface area contributed by atoms with Crippen molar-refractivity contribution in [2.24, 2.45) is 5.41 Å². The van der Waals surface area contributed by atoms with E-state index in [-0.39, 0.29) is 5.91 Å². The molecule has 0 bridgehead atoms. The molecule has 0 saturated carbocycles. The van der Waals surface area contributed by atoms with E-state index in [9.17, 15) is 9.18 Å². The van der Waals surface area contributed by atoms with Crippen LogP contribution < -0.4 is 5.32 Å². The number of nitrogens with zero attached hydrogens (tertiary/aromatic N) is 3. The number of likely N-dealkylation sites (tertiary alicyclic amines) is 1. The van der Waals surface area contributed by atoms with Crippen molar-refractivity contribution in [2.75, 3.05) is 13.1 Å². The second-order valence-electron chi connectivity index (χ2n) is 9.73. The highest BCUT2D eigenvalue weighted by Crippen LogP contribution is 2.30. The molecule has 1 aliphatic heterocycles. The molecule has 0 aliphatic carbocycles. The molecule has 7 heteroatoms. The summed E-state index contributed by atoms with van der Waals surface area (Å²) in [6, 6.07) is 13.1. The van der Waals surface area contributed by atoms with Gasteiger partial charge in [-0.05, 0) is 67.2 Å². The van der Waals surface area contributed by atoms with Crippen LogP contribution in [0.3, 0.4) is 0 Å². The molecule has 5 rings (SSSR count). The zero-order valence-electron chi connectivity index (χ0n) is 19.0. The molecule has 2 aromatic heterocycles. The number of H-pyrrole nitrogens is 1. The van der Waals surface area contributed by atoms with Crippen LogP contribution in [0.4, 0.5) is 4.39 Å². The van der Waals surface area contributed by atoms with Crippen molar-refractivity contribution in [3.05, 3.63) is 71.3 Å². The normalized spacial score (nSPS) is 16.3. The molecule has 1 amide bonds. The lowest BCUT2D eigenvalue weighted by molar-refractivity contribution is 0.0952.